The van der Waals surface area contributed by atoms with E-state index in [1.54, 1.807) is 6.07 Å². The molecule has 11 heavy (non-hydrogen) atoms. The van der Waals surface area contributed by atoms with Gasteiger partial charge in [0, 0.05) is 6.26 Å². The highest BCUT2D eigenvalue weighted by atomic mass is 32.2. The van der Waals surface area contributed by atoms with Crippen molar-refractivity contribution in [3.8, 4) is 0 Å². The van der Waals surface area contributed by atoms with Gasteiger partial charge >= 0.3 is 5.97 Å². The van der Waals surface area contributed by atoms with Crippen LogP contribution in [0.15, 0.2) is 16.3 Å². The molecular weight excluding hydrogens is 184 g/mol. The second-order valence-electron chi connectivity index (χ2n) is 1.88. The quantitative estimate of drug-likeness (QED) is 0.762. The van der Waals surface area contributed by atoms with Gasteiger partial charge in [0.25, 0.3) is 0 Å². The number of hydrogen-bond acceptors (Lipinski definition) is 3. The average molecular weight is 190 g/mol. The Hall–Kier alpha value is -0.680. The molecule has 0 aliphatic carbocycles. The molecule has 0 radical (unpaired) electrons. The highest BCUT2D eigenvalue weighted by Crippen LogP contribution is 2.18. The minimum absolute atomic E-state index is 0.232. The molecule has 0 saturated carbocycles. The van der Waals surface area contributed by atoms with Crippen LogP contribution in [-0.2, 0) is 10.8 Å². The molecule has 1 aromatic heterocycles. The van der Waals surface area contributed by atoms with Crippen LogP contribution in [0.2, 0.25) is 0 Å². The van der Waals surface area contributed by atoms with E-state index in [9.17, 15) is 9.00 Å². The molecule has 0 fully saturated rings. The van der Waals surface area contributed by atoms with Gasteiger partial charge < -0.3 is 5.11 Å². The first-order valence-corrected chi connectivity index (χ1v) is 5.15. The van der Waals surface area contributed by atoms with Gasteiger partial charge in [-0.3, -0.25) is 4.21 Å². The maximum absolute atomic E-state index is 10.8. The summed E-state index contributed by atoms with van der Waals surface area (Å²) in [4.78, 5) is 10.6. The number of carboxylic acids is 1. The molecule has 0 aliphatic heterocycles. The Labute approximate surface area is 70.1 Å². The summed E-state index contributed by atoms with van der Waals surface area (Å²) >= 11 is 1.05. The van der Waals surface area contributed by atoms with E-state index in [4.69, 9.17) is 5.11 Å². The van der Waals surface area contributed by atoms with Crippen LogP contribution in [0.4, 0.5) is 0 Å². The third kappa shape index (κ3) is 1.87. The Bertz CT molecular complexity index is 274. The number of aromatic carboxylic acids is 1. The van der Waals surface area contributed by atoms with Gasteiger partial charge in [-0.15, -0.1) is 11.3 Å². The lowest BCUT2D eigenvalue weighted by atomic mass is 10.5. The summed E-state index contributed by atoms with van der Waals surface area (Å²) in [6, 6.07) is 3.04. The lowest BCUT2D eigenvalue weighted by Gasteiger charge is -1.84. The van der Waals surface area contributed by atoms with E-state index >= 15 is 0 Å². The van der Waals surface area contributed by atoms with Crippen molar-refractivity contribution in [1.29, 1.82) is 0 Å². The van der Waals surface area contributed by atoms with E-state index in [1.165, 1.54) is 12.3 Å². The second kappa shape index (κ2) is 3.15. The van der Waals surface area contributed by atoms with Gasteiger partial charge in [0.05, 0.1) is 15.0 Å². The van der Waals surface area contributed by atoms with Crippen molar-refractivity contribution in [1.82, 2.24) is 0 Å². The standard InChI is InChI=1S/C6H6O3S2/c1-11(9)5-3-2-4(10-5)6(7)8/h2-3H,1H3,(H,7,8). The van der Waals surface area contributed by atoms with Crippen LogP contribution >= 0.6 is 11.3 Å². The van der Waals surface area contributed by atoms with E-state index in [-0.39, 0.29) is 4.88 Å². The highest BCUT2D eigenvalue weighted by molar-refractivity contribution is 7.86. The summed E-state index contributed by atoms with van der Waals surface area (Å²) in [5, 5.41) is 8.49. The summed E-state index contributed by atoms with van der Waals surface area (Å²) in [6.07, 6.45) is 1.53. The van der Waals surface area contributed by atoms with Gasteiger partial charge in [0.1, 0.15) is 4.88 Å². The summed E-state index contributed by atoms with van der Waals surface area (Å²) in [6.45, 7) is 0. The van der Waals surface area contributed by atoms with Gasteiger partial charge in [0.2, 0.25) is 0 Å². The molecule has 60 valence electrons. The minimum Gasteiger partial charge on any atom is -0.477 e. The van der Waals surface area contributed by atoms with Crippen LogP contribution in [0, 0.1) is 0 Å². The zero-order valence-electron chi connectivity index (χ0n) is 5.73. The number of hydrogen-bond donors (Lipinski definition) is 1. The van der Waals surface area contributed by atoms with Crippen molar-refractivity contribution in [2.75, 3.05) is 6.26 Å². The molecule has 1 N–H and O–H groups in total. The Kier molecular flexibility index (Phi) is 2.41. The molecule has 1 aromatic rings. The topological polar surface area (TPSA) is 54.4 Å². The minimum atomic E-state index is -1.07. The maximum atomic E-state index is 10.8. The first kappa shape index (κ1) is 8.42. The molecule has 0 spiro atoms. The number of carbonyl (C=O) groups is 1. The molecule has 0 amide bonds. The van der Waals surface area contributed by atoms with E-state index < -0.39 is 16.8 Å². The molecule has 1 unspecified atom stereocenters. The van der Waals surface area contributed by atoms with E-state index in [2.05, 4.69) is 0 Å². The zero-order valence-corrected chi connectivity index (χ0v) is 7.37. The van der Waals surface area contributed by atoms with Gasteiger partial charge in [0.15, 0.2) is 0 Å². The fourth-order valence-electron chi connectivity index (χ4n) is 0.590. The summed E-state index contributed by atoms with van der Waals surface area (Å²) in [5.41, 5.74) is 0. The second-order valence-corrected chi connectivity index (χ2v) is 4.57. The Balaban J connectivity index is 2.99. The van der Waals surface area contributed by atoms with Gasteiger partial charge in [-0.25, -0.2) is 4.79 Å². The zero-order chi connectivity index (χ0) is 8.43. The molecule has 5 heteroatoms. The molecule has 3 nitrogen and oxygen atoms in total. The Morgan fingerprint density at radius 1 is 1.64 bits per heavy atom. The van der Waals surface area contributed by atoms with Crippen molar-refractivity contribution < 1.29 is 14.1 Å². The predicted molar refractivity (Wildman–Crippen MR) is 43.6 cm³/mol. The molecule has 1 rings (SSSR count). The van der Waals surface area contributed by atoms with Gasteiger partial charge in [-0.05, 0) is 12.1 Å². The normalized spacial score (nSPS) is 12.8. The SMILES string of the molecule is CS(=O)c1ccc(C(=O)O)s1. The van der Waals surface area contributed by atoms with E-state index in [0.717, 1.165) is 11.3 Å². The molecule has 0 saturated heterocycles. The summed E-state index contributed by atoms with van der Waals surface area (Å²) < 4.78 is 11.4. The van der Waals surface area contributed by atoms with Crippen LogP contribution in [-0.4, -0.2) is 21.5 Å². The largest absolute Gasteiger partial charge is 0.477 e. The van der Waals surface area contributed by atoms with Crippen molar-refractivity contribution >= 4 is 28.1 Å². The van der Waals surface area contributed by atoms with Gasteiger partial charge in [-0.1, -0.05) is 0 Å². The van der Waals surface area contributed by atoms with Crippen molar-refractivity contribution in [3.63, 3.8) is 0 Å². The third-order valence-electron chi connectivity index (χ3n) is 1.08. The first-order chi connectivity index (χ1) is 5.11. The average Bonchev–Trinajstić information content (AvgIpc) is 2.33. The first-order valence-electron chi connectivity index (χ1n) is 2.78. The summed E-state index contributed by atoms with van der Waals surface area (Å²) in [5.74, 6) is -0.966. The van der Waals surface area contributed by atoms with Crippen molar-refractivity contribution in [2.24, 2.45) is 0 Å². The number of thiophene rings is 1. The van der Waals surface area contributed by atoms with Crippen LogP contribution in [0.3, 0.4) is 0 Å². The summed E-state index contributed by atoms with van der Waals surface area (Å²) in [7, 11) is -1.07. The fraction of sp³-hybridized carbons (Fsp3) is 0.167. The lowest BCUT2D eigenvalue weighted by Crippen LogP contribution is -1.89. The van der Waals surface area contributed by atoms with Crippen molar-refractivity contribution in [3.05, 3.63) is 17.0 Å². The molecule has 0 aliphatic rings. The van der Waals surface area contributed by atoms with Crippen LogP contribution < -0.4 is 0 Å². The van der Waals surface area contributed by atoms with E-state index in [1.807, 2.05) is 0 Å². The van der Waals surface area contributed by atoms with Crippen LogP contribution in [0.1, 0.15) is 9.67 Å². The fourth-order valence-corrected chi connectivity index (χ4v) is 2.16. The highest BCUT2D eigenvalue weighted by Gasteiger charge is 2.07. The third-order valence-corrected chi connectivity index (χ3v) is 3.60. The lowest BCUT2D eigenvalue weighted by molar-refractivity contribution is 0.0702. The smallest absolute Gasteiger partial charge is 0.345 e. The number of rotatable bonds is 2. The van der Waals surface area contributed by atoms with E-state index in [0.29, 0.717) is 4.21 Å². The molecule has 1 atom stereocenters. The maximum Gasteiger partial charge on any atom is 0.345 e. The molecular formula is C6H6O3S2. The van der Waals surface area contributed by atoms with Crippen LogP contribution in [0.25, 0.3) is 0 Å². The van der Waals surface area contributed by atoms with Gasteiger partial charge in [-0.2, -0.15) is 0 Å². The monoisotopic (exact) mass is 190 g/mol. The predicted octanol–water partition coefficient (Wildman–Crippen LogP) is 1.18. The molecule has 1 heterocycles. The van der Waals surface area contributed by atoms with Crippen LogP contribution in [0.5, 0.6) is 0 Å². The molecule has 0 aromatic carbocycles. The Morgan fingerprint density at radius 2 is 2.27 bits per heavy atom. The number of carboxylic acid groups (broad SMARTS) is 1. The molecule has 0 bridgehead atoms. The van der Waals surface area contributed by atoms with Crippen molar-refractivity contribution in [2.45, 2.75) is 4.21 Å². The Morgan fingerprint density at radius 3 is 2.55 bits per heavy atom.